The predicted octanol–water partition coefficient (Wildman–Crippen LogP) is 1.27. The minimum absolute atomic E-state index is 0.0374. The van der Waals surface area contributed by atoms with Gasteiger partial charge in [-0.25, -0.2) is 4.39 Å². The van der Waals surface area contributed by atoms with Gasteiger partial charge >= 0.3 is 0 Å². The van der Waals surface area contributed by atoms with E-state index in [0.717, 1.165) is 25.3 Å². The molecule has 3 amide bonds. The van der Waals surface area contributed by atoms with E-state index >= 15 is 0 Å². The lowest BCUT2D eigenvalue weighted by Gasteiger charge is -2.19. The molecule has 0 radical (unpaired) electrons. The van der Waals surface area contributed by atoms with Crippen molar-refractivity contribution in [3.63, 3.8) is 0 Å². The molecule has 1 aromatic rings. The second-order valence-corrected chi connectivity index (χ2v) is 5.23. The highest BCUT2D eigenvalue weighted by Crippen LogP contribution is 2.15. The lowest BCUT2D eigenvalue weighted by Crippen LogP contribution is -2.37. The zero-order chi connectivity index (χ0) is 16.1. The Morgan fingerprint density at radius 1 is 1.27 bits per heavy atom. The Morgan fingerprint density at radius 2 is 2.05 bits per heavy atom. The van der Waals surface area contributed by atoms with E-state index in [1.807, 2.05) is 0 Å². The van der Waals surface area contributed by atoms with Crippen LogP contribution in [0.1, 0.15) is 36.0 Å². The van der Waals surface area contributed by atoms with Gasteiger partial charge in [-0.1, -0.05) is 6.42 Å². The molecule has 0 saturated carbocycles. The third kappa shape index (κ3) is 4.03. The van der Waals surface area contributed by atoms with Crippen molar-refractivity contribution in [3.8, 4) is 0 Å². The first kappa shape index (κ1) is 15.9. The van der Waals surface area contributed by atoms with Gasteiger partial charge in [-0.3, -0.25) is 14.4 Å². The van der Waals surface area contributed by atoms with E-state index in [0.29, 0.717) is 13.0 Å². The van der Waals surface area contributed by atoms with E-state index in [9.17, 15) is 18.8 Å². The number of hydrogen-bond acceptors (Lipinski definition) is 3. The molecule has 1 fully saturated rings. The number of nitrogens with zero attached hydrogens (tertiary/aromatic N) is 1. The number of nitrogens with two attached hydrogens (primary N) is 1. The van der Waals surface area contributed by atoms with Crippen molar-refractivity contribution in [2.75, 3.05) is 18.4 Å². The number of benzene rings is 1. The maximum atomic E-state index is 13.4. The lowest BCUT2D eigenvalue weighted by molar-refractivity contribution is -0.134. The summed E-state index contributed by atoms with van der Waals surface area (Å²) < 4.78 is 13.4. The van der Waals surface area contributed by atoms with E-state index in [2.05, 4.69) is 5.32 Å². The van der Waals surface area contributed by atoms with Gasteiger partial charge in [0.25, 0.3) is 5.91 Å². The average molecular weight is 307 g/mol. The molecule has 0 atom stereocenters. The summed E-state index contributed by atoms with van der Waals surface area (Å²) in [7, 11) is 0. The summed E-state index contributed by atoms with van der Waals surface area (Å²) >= 11 is 0. The number of primary amides is 1. The van der Waals surface area contributed by atoms with Crippen LogP contribution in [0.2, 0.25) is 0 Å². The third-order valence-electron chi connectivity index (χ3n) is 3.52. The summed E-state index contributed by atoms with van der Waals surface area (Å²) in [4.78, 5) is 36.4. The Hall–Kier alpha value is -2.44. The fraction of sp³-hybridized carbons (Fsp3) is 0.400. The van der Waals surface area contributed by atoms with Gasteiger partial charge in [0, 0.05) is 18.7 Å². The Bertz CT molecular complexity index is 604. The topological polar surface area (TPSA) is 92.5 Å². The number of rotatable bonds is 4. The van der Waals surface area contributed by atoms with Crippen molar-refractivity contribution in [3.05, 3.63) is 29.6 Å². The molecule has 6 nitrogen and oxygen atoms in total. The normalized spacial score (nSPS) is 15.3. The van der Waals surface area contributed by atoms with Crippen LogP contribution in [0.15, 0.2) is 18.2 Å². The zero-order valence-electron chi connectivity index (χ0n) is 12.1. The first-order valence-corrected chi connectivity index (χ1v) is 7.14. The fourth-order valence-electron chi connectivity index (χ4n) is 2.37. The van der Waals surface area contributed by atoms with Crippen molar-refractivity contribution >= 4 is 23.4 Å². The smallest absolute Gasteiger partial charge is 0.251 e. The number of amides is 3. The highest BCUT2D eigenvalue weighted by molar-refractivity contribution is 5.97. The van der Waals surface area contributed by atoms with Gasteiger partial charge in [0.1, 0.15) is 5.82 Å². The first-order valence-electron chi connectivity index (χ1n) is 7.14. The monoisotopic (exact) mass is 307 g/mol. The van der Waals surface area contributed by atoms with E-state index < -0.39 is 17.6 Å². The molecule has 3 N–H and O–H groups in total. The highest BCUT2D eigenvalue weighted by atomic mass is 19.1. The molecule has 1 aromatic carbocycles. The molecule has 0 bridgehead atoms. The van der Waals surface area contributed by atoms with Crippen LogP contribution in [0.3, 0.4) is 0 Å². The third-order valence-corrected chi connectivity index (χ3v) is 3.52. The number of anilines is 1. The number of carbonyl (C=O) groups is 3. The summed E-state index contributed by atoms with van der Waals surface area (Å²) in [6.07, 6.45) is 3.15. The quantitative estimate of drug-likeness (QED) is 0.877. The number of carbonyl (C=O) groups excluding carboxylic acids is 3. The van der Waals surface area contributed by atoms with Gasteiger partial charge in [-0.05, 0) is 31.0 Å². The van der Waals surface area contributed by atoms with Crippen molar-refractivity contribution in [1.82, 2.24) is 4.90 Å². The first-order chi connectivity index (χ1) is 10.5. The van der Waals surface area contributed by atoms with Crippen LogP contribution in [0, 0.1) is 5.82 Å². The Morgan fingerprint density at radius 3 is 2.77 bits per heavy atom. The summed E-state index contributed by atoms with van der Waals surface area (Å²) in [5.41, 5.74) is 5.03. The summed E-state index contributed by atoms with van der Waals surface area (Å²) in [5, 5.41) is 2.55. The number of nitrogens with one attached hydrogen (secondary N) is 1. The number of likely N-dealkylation sites (tertiary alicyclic amines) is 1. The molecular weight excluding hydrogens is 289 g/mol. The lowest BCUT2D eigenvalue weighted by atomic mass is 10.2. The highest BCUT2D eigenvalue weighted by Gasteiger charge is 2.19. The summed E-state index contributed by atoms with van der Waals surface area (Å²) in [5.74, 6) is -2.08. The van der Waals surface area contributed by atoms with Crippen molar-refractivity contribution in [2.45, 2.75) is 25.7 Å². The van der Waals surface area contributed by atoms with E-state index in [1.54, 1.807) is 0 Å². The van der Waals surface area contributed by atoms with Crippen LogP contribution < -0.4 is 11.1 Å². The minimum Gasteiger partial charge on any atom is -0.366 e. The SMILES string of the molecule is NC(=O)c1cc(NC(=O)CN2CCCCCC2=O)ccc1F. The van der Waals surface area contributed by atoms with Crippen LogP contribution in [0.5, 0.6) is 0 Å². The van der Waals surface area contributed by atoms with Gasteiger partial charge in [-0.2, -0.15) is 0 Å². The Kier molecular flexibility index (Phi) is 5.08. The molecule has 7 heteroatoms. The Balaban J connectivity index is 2.01. The molecule has 0 aliphatic carbocycles. The maximum absolute atomic E-state index is 13.4. The number of hydrogen-bond donors (Lipinski definition) is 2. The molecule has 0 spiro atoms. The molecule has 22 heavy (non-hydrogen) atoms. The minimum atomic E-state index is -0.906. The van der Waals surface area contributed by atoms with Gasteiger partial charge in [0.05, 0.1) is 12.1 Å². The van der Waals surface area contributed by atoms with Gasteiger partial charge in [0.15, 0.2) is 0 Å². The van der Waals surface area contributed by atoms with E-state index in [4.69, 9.17) is 5.73 Å². The second-order valence-electron chi connectivity index (χ2n) is 5.23. The van der Waals surface area contributed by atoms with Crippen LogP contribution in [0.4, 0.5) is 10.1 Å². The molecule has 1 heterocycles. The molecule has 0 unspecified atom stereocenters. The average Bonchev–Trinajstić information content (AvgIpc) is 2.66. The van der Waals surface area contributed by atoms with Crippen LogP contribution in [-0.2, 0) is 9.59 Å². The molecule has 2 rings (SSSR count). The van der Waals surface area contributed by atoms with Crippen LogP contribution in [-0.4, -0.2) is 35.7 Å². The summed E-state index contributed by atoms with van der Waals surface area (Å²) in [6, 6.07) is 3.58. The zero-order valence-corrected chi connectivity index (χ0v) is 12.1. The molecule has 118 valence electrons. The second kappa shape index (κ2) is 7.02. The molecular formula is C15H18FN3O3. The fourth-order valence-corrected chi connectivity index (χ4v) is 2.37. The molecule has 0 aromatic heterocycles. The number of halogens is 1. The van der Waals surface area contributed by atoms with Crippen molar-refractivity contribution in [1.29, 1.82) is 0 Å². The van der Waals surface area contributed by atoms with E-state index in [1.165, 1.54) is 17.0 Å². The summed E-state index contributed by atoms with van der Waals surface area (Å²) in [6.45, 7) is 0.504. The van der Waals surface area contributed by atoms with Crippen molar-refractivity contribution < 1.29 is 18.8 Å². The standard InChI is InChI=1S/C15H18FN3O3/c16-12-6-5-10(8-11(12)15(17)22)18-13(20)9-19-7-3-1-2-4-14(19)21/h5-6,8H,1-4,7,9H2,(H2,17,22)(H,18,20). The van der Waals surface area contributed by atoms with Gasteiger partial charge in [0.2, 0.25) is 11.8 Å². The predicted molar refractivity (Wildman–Crippen MR) is 78.6 cm³/mol. The van der Waals surface area contributed by atoms with E-state index in [-0.39, 0.29) is 23.7 Å². The largest absolute Gasteiger partial charge is 0.366 e. The molecule has 1 aliphatic rings. The van der Waals surface area contributed by atoms with Crippen molar-refractivity contribution in [2.24, 2.45) is 5.73 Å². The Labute approximate surface area is 127 Å². The van der Waals surface area contributed by atoms with Crippen LogP contribution in [0.25, 0.3) is 0 Å². The van der Waals surface area contributed by atoms with Gasteiger partial charge in [-0.15, -0.1) is 0 Å². The maximum Gasteiger partial charge on any atom is 0.251 e. The van der Waals surface area contributed by atoms with Gasteiger partial charge < -0.3 is 16.0 Å². The van der Waals surface area contributed by atoms with Crippen LogP contribution >= 0.6 is 0 Å². The molecule has 1 saturated heterocycles. The molecule has 1 aliphatic heterocycles.